The van der Waals surface area contributed by atoms with E-state index in [2.05, 4.69) is 30.8 Å². The van der Waals surface area contributed by atoms with Crippen LogP contribution in [0.2, 0.25) is 0 Å². The lowest BCUT2D eigenvalue weighted by atomic mass is 10.4. The fourth-order valence-corrected chi connectivity index (χ4v) is 4.35. The molecule has 1 aromatic heterocycles. The molecule has 0 saturated heterocycles. The second-order valence-corrected chi connectivity index (χ2v) is 9.42. The average Bonchev–Trinajstić information content (AvgIpc) is 3.02. The first kappa shape index (κ1) is 21.9. The van der Waals surface area contributed by atoms with Crippen LogP contribution >= 0.6 is 27.7 Å². The maximum atomic E-state index is 12.4. The fraction of sp³-hybridized carbons (Fsp3) is 0.438. The average molecular weight is 477 g/mol. The number of nitrogens with one attached hydrogen (secondary N) is 1. The Balaban J connectivity index is 2.10. The van der Waals surface area contributed by atoms with Gasteiger partial charge in [0.1, 0.15) is 11.1 Å². The highest BCUT2D eigenvalue weighted by Crippen LogP contribution is 2.23. The highest BCUT2D eigenvalue weighted by Gasteiger charge is 2.21. The number of halogens is 1. The number of nitrogens with zero attached hydrogens (tertiary/aromatic N) is 3. The summed E-state index contributed by atoms with van der Waals surface area (Å²) in [7, 11) is -3.67. The molecule has 0 saturated carbocycles. The lowest BCUT2D eigenvalue weighted by Gasteiger charge is -2.12. The van der Waals surface area contributed by atoms with Gasteiger partial charge >= 0.3 is 5.97 Å². The molecule has 1 aromatic carbocycles. The summed E-state index contributed by atoms with van der Waals surface area (Å²) in [6.45, 7) is 6.23. The van der Waals surface area contributed by atoms with Crippen molar-refractivity contribution in [1.29, 1.82) is 0 Å². The van der Waals surface area contributed by atoms with Crippen molar-refractivity contribution in [3.8, 4) is 0 Å². The standard InChI is InChI=1S/C16H21BrN4O4S2/c1-4-21-14(19-20-16(21)26-11(3)15(22)25-5-2)10-18-27(23,24)13-8-6-12(17)7-9-13/h6-9,11,18H,4-5,10H2,1-3H3/t11-/m1/s1. The van der Waals surface area contributed by atoms with Crippen LogP contribution in [0.5, 0.6) is 0 Å². The molecule has 0 fully saturated rings. The molecule has 27 heavy (non-hydrogen) atoms. The lowest BCUT2D eigenvalue weighted by molar-refractivity contribution is -0.142. The van der Waals surface area contributed by atoms with Gasteiger partial charge in [0.05, 0.1) is 18.0 Å². The van der Waals surface area contributed by atoms with E-state index in [1.165, 1.54) is 23.9 Å². The summed E-state index contributed by atoms with van der Waals surface area (Å²) in [5, 5.41) is 8.24. The van der Waals surface area contributed by atoms with Crippen LogP contribution in [0.1, 0.15) is 26.6 Å². The van der Waals surface area contributed by atoms with Crippen molar-refractivity contribution in [1.82, 2.24) is 19.5 Å². The molecule has 0 aliphatic carbocycles. The molecular formula is C16H21BrN4O4S2. The number of aromatic nitrogens is 3. The number of hydrogen-bond donors (Lipinski definition) is 1. The Morgan fingerprint density at radius 3 is 2.56 bits per heavy atom. The summed E-state index contributed by atoms with van der Waals surface area (Å²) in [6, 6.07) is 6.35. The zero-order valence-corrected chi connectivity index (χ0v) is 18.4. The van der Waals surface area contributed by atoms with Crippen molar-refractivity contribution in [2.24, 2.45) is 0 Å². The Morgan fingerprint density at radius 1 is 1.30 bits per heavy atom. The van der Waals surface area contributed by atoms with E-state index in [1.807, 2.05) is 6.92 Å². The number of carbonyl (C=O) groups is 1. The number of rotatable bonds is 9. The first-order valence-electron chi connectivity index (χ1n) is 8.29. The van der Waals surface area contributed by atoms with E-state index in [0.29, 0.717) is 24.1 Å². The molecule has 8 nitrogen and oxygen atoms in total. The third-order valence-corrected chi connectivity index (χ3v) is 6.56. The van der Waals surface area contributed by atoms with Gasteiger partial charge < -0.3 is 9.30 Å². The minimum Gasteiger partial charge on any atom is -0.465 e. The predicted octanol–water partition coefficient (Wildman–Crippen LogP) is 2.58. The number of carbonyl (C=O) groups excluding carboxylic acids is 1. The Bertz CT molecular complexity index is 884. The van der Waals surface area contributed by atoms with E-state index >= 15 is 0 Å². The van der Waals surface area contributed by atoms with E-state index in [9.17, 15) is 13.2 Å². The molecule has 0 aliphatic heterocycles. The summed E-state index contributed by atoms with van der Waals surface area (Å²) in [5.41, 5.74) is 0. The number of benzene rings is 1. The van der Waals surface area contributed by atoms with E-state index in [0.717, 1.165) is 4.47 Å². The second kappa shape index (κ2) is 9.67. The highest BCUT2D eigenvalue weighted by atomic mass is 79.9. The van der Waals surface area contributed by atoms with Crippen molar-refractivity contribution in [2.75, 3.05) is 6.61 Å². The molecule has 0 amide bonds. The van der Waals surface area contributed by atoms with Crippen LogP contribution in [-0.4, -0.2) is 41.0 Å². The normalized spacial score (nSPS) is 12.7. The molecule has 1 atom stereocenters. The molecule has 148 valence electrons. The topological polar surface area (TPSA) is 103 Å². The zero-order valence-electron chi connectivity index (χ0n) is 15.2. The number of hydrogen-bond acceptors (Lipinski definition) is 7. The van der Waals surface area contributed by atoms with Crippen molar-refractivity contribution in [2.45, 2.75) is 49.2 Å². The van der Waals surface area contributed by atoms with E-state index in [1.54, 1.807) is 30.5 Å². The van der Waals surface area contributed by atoms with E-state index < -0.39 is 15.3 Å². The van der Waals surface area contributed by atoms with Crippen molar-refractivity contribution >= 4 is 43.7 Å². The smallest absolute Gasteiger partial charge is 0.319 e. The van der Waals surface area contributed by atoms with Gasteiger partial charge in [-0.15, -0.1) is 10.2 Å². The first-order valence-corrected chi connectivity index (χ1v) is 11.4. The second-order valence-electron chi connectivity index (χ2n) is 5.43. The molecule has 0 radical (unpaired) electrons. The van der Waals surface area contributed by atoms with Crippen molar-refractivity contribution in [3.05, 3.63) is 34.6 Å². The fourth-order valence-electron chi connectivity index (χ4n) is 2.18. The monoisotopic (exact) mass is 476 g/mol. The van der Waals surface area contributed by atoms with Crippen LogP contribution in [0.3, 0.4) is 0 Å². The Hall–Kier alpha value is -1.43. The Labute approximate surface area is 171 Å². The predicted molar refractivity (Wildman–Crippen MR) is 106 cm³/mol. The molecule has 0 bridgehead atoms. The molecular weight excluding hydrogens is 456 g/mol. The van der Waals surface area contributed by atoms with Crippen LogP contribution < -0.4 is 4.72 Å². The van der Waals surface area contributed by atoms with Crippen LogP contribution in [0, 0.1) is 0 Å². The maximum absolute atomic E-state index is 12.4. The number of ether oxygens (including phenoxy) is 1. The van der Waals surface area contributed by atoms with Crippen LogP contribution in [-0.2, 0) is 32.6 Å². The lowest BCUT2D eigenvalue weighted by Crippen LogP contribution is -2.25. The molecule has 1 heterocycles. The zero-order chi connectivity index (χ0) is 20.0. The van der Waals surface area contributed by atoms with Crippen LogP contribution in [0.25, 0.3) is 0 Å². The molecule has 1 N–H and O–H groups in total. The Morgan fingerprint density at radius 2 is 1.96 bits per heavy atom. The molecule has 11 heteroatoms. The third-order valence-electron chi connectivity index (χ3n) is 3.55. The minimum atomic E-state index is -3.67. The number of thioether (sulfide) groups is 1. The number of esters is 1. The molecule has 0 aliphatic rings. The van der Waals surface area contributed by atoms with E-state index in [-0.39, 0.29) is 17.4 Å². The van der Waals surface area contributed by atoms with Gasteiger partial charge in [-0.2, -0.15) is 0 Å². The van der Waals surface area contributed by atoms with Crippen LogP contribution in [0.15, 0.2) is 38.8 Å². The molecule has 2 aromatic rings. The summed E-state index contributed by atoms with van der Waals surface area (Å²) in [5.74, 6) is 0.141. The maximum Gasteiger partial charge on any atom is 0.319 e. The van der Waals surface area contributed by atoms with Gasteiger partial charge in [0.15, 0.2) is 5.16 Å². The van der Waals surface area contributed by atoms with Gasteiger partial charge in [0, 0.05) is 11.0 Å². The van der Waals surface area contributed by atoms with Gasteiger partial charge in [0.25, 0.3) is 0 Å². The van der Waals surface area contributed by atoms with Gasteiger partial charge in [-0.25, -0.2) is 13.1 Å². The van der Waals surface area contributed by atoms with Crippen LogP contribution in [0.4, 0.5) is 0 Å². The summed E-state index contributed by atoms with van der Waals surface area (Å²) < 4.78 is 34.9. The van der Waals surface area contributed by atoms with Gasteiger partial charge in [-0.1, -0.05) is 27.7 Å². The van der Waals surface area contributed by atoms with Crippen molar-refractivity contribution in [3.63, 3.8) is 0 Å². The first-order chi connectivity index (χ1) is 12.8. The largest absolute Gasteiger partial charge is 0.465 e. The van der Waals surface area contributed by atoms with Crippen molar-refractivity contribution < 1.29 is 17.9 Å². The molecule has 2 rings (SSSR count). The van der Waals surface area contributed by atoms with Gasteiger partial charge in [0.2, 0.25) is 10.0 Å². The number of sulfonamides is 1. The highest BCUT2D eigenvalue weighted by molar-refractivity contribution is 9.10. The summed E-state index contributed by atoms with van der Waals surface area (Å²) in [6.07, 6.45) is 0. The molecule has 0 unspecified atom stereocenters. The quantitative estimate of drug-likeness (QED) is 0.438. The SMILES string of the molecule is CCOC(=O)[C@@H](C)Sc1nnc(CNS(=O)(=O)c2ccc(Br)cc2)n1CC. The van der Waals surface area contributed by atoms with E-state index in [4.69, 9.17) is 4.74 Å². The summed E-state index contributed by atoms with van der Waals surface area (Å²) in [4.78, 5) is 12.0. The van der Waals surface area contributed by atoms with Gasteiger partial charge in [-0.3, -0.25) is 4.79 Å². The Kier molecular flexibility index (Phi) is 7.83. The van der Waals surface area contributed by atoms with Gasteiger partial charge in [-0.05, 0) is 45.0 Å². The summed E-state index contributed by atoms with van der Waals surface area (Å²) >= 11 is 4.50. The third kappa shape index (κ3) is 5.77. The minimum absolute atomic E-state index is 0.00636. The molecule has 0 spiro atoms.